The van der Waals surface area contributed by atoms with Crippen LogP contribution in [-0.2, 0) is 4.79 Å². The quantitative estimate of drug-likeness (QED) is 0.658. The van der Waals surface area contributed by atoms with Crippen molar-refractivity contribution >= 4 is 17.3 Å². The molecule has 0 bridgehead atoms. The highest BCUT2D eigenvalue weighted by atomic mass is 16.6. The highest BCUT2D eigenvalue weighted by Gasteiger charge is 2.34. The maximum absolute atomic E-state index is 11.2. The lowest BCUT2D eigenvalue weighted by Gasteiger charge is -2.23. The molecule has 1 saturated heterocycles. The van der Waals surface area contributed by atoms with E-state index in [2.05, 4.69) is 0 Å². The fourth-order valence-electron chi connectivity index (χ4n) is 2.33. The van der Waals surface area contributed by atoms with Crippen molar-refractivity contribution in [3.63, 3.8) is 0 Å². The molecule has 1 atom stereocenters. The molecule has 0 radical (unpaired) electrons. The topological polar surface area (TPSA) is 92.9 Å². The number of carboxylic acid groups (broad SMARTS) is 1. The molecule has 7 nitrogen and oxygen atoms in total. The SMILES string of the molecule is COc1ccc([N+](=O)[O-])c(N2CCC[C@H]2C(=O)O)c1. The summed E-state index contributed by atoms with van der Waals surface area (Å²) in [4.78, 5) is 23.3. The van der Waals surface area contributed by atoms with Gasteiger partial charge in [-0.05, 0) is 18.9 Å². The van der Waals surface area contributed by atoms with Gasteiger partial charge < -0.3 is 14.7 Å². The number of carbonyl (C=O) groups is 1. The number of nitro benzene ring substituents is 1. The molecule has 1 N–H and O–H groups in total. The molecular weight excluding hydrogens is 252 g/mol. The second-order valence-electron chi connectivity index (χ2n) is 4.30. The molecule has 0 spiro atoms. The number of hydrogen-bond acceptors (Lipinski definition) is 5. The molecule has 19 heavy (non-hydrogen) atoms. The zero-order valence-electron chi connectivity index (χ0n) is 10.4. The van der Waals surface area contributed by atoms with Crippen molar-refractivity contribution in [2.75, 3.05) is 18.6 Å². The van der Waals surface area contributed by atoms with Crippen LogP contribution in [0.4, 0.5) is 11.4 Å². The van der Waals surface area contributed by atoms with Crippen molar-refractivity contribution in [1.29, 1.82) is 0 Å². The van der Waals surface area contributed by atoms with Crippen LogP contribution >= 0.6 is 0 Å². The Labute approximate surface area is 109 Å². The summed E-state index contributed by atoms with van der Waals surface area (Å²) in [5, 5.41) is 20.2. The minimum absolute atomic E-state index is 0.103. The van der Waals surface area contributed by atoms with E-state index < -0.39 is 16.9 Å². The van der Waals surface area contributed by atoms with E-state index in [1.54, 1.807) is 4.90 Å². The molecule has 0 saturated carbocycles. The smallest absolute Gasteiger partial charge is 0.326 e. The zero-order valence-corrected chi connectivity index (χ0v) is 10.4. The lowest BCUT2D eigenvalue weighted by Crippen LogP contribution is -2.36. The number of carboxylic acids is 1. The second kappa shape index (κ2) is 5.13. The third-order valence-corrected chi connectivity index (χ3v) is 3.23. The highest BCUT2D eigenvalue weighted by molar-refractivity contribution is 5.81. The van der Waals surface area contributed by atoms with Crippen molar-refractivity contribution in [3.05, 3.63) is 28.3 Å². The molecule has 0 aliphatic carbocycles. The number of hydrogen-bond donors (Lipinski definition) is 1. The number of nitrogens with zero attached hydrogens (tertiary/aromatic N) is 2. The Balaban J connectivity index is 2.46. The van der Waals surface area contributed by atoms with Gasteiger partial charge in [0.1, 0.15) is 17.5 Å². The van der Waals surface area contributed by atoms with Crippen LogP contribution in [-0.4, -0.2) is 35.7 Å². The predicted octanol–water partition coefficient (Wildman–Crippen LogP) is 1.66. The highest BCUT2D eigenvalue weighted by Crippen LogP contribution is 2.36. The number of rotatable bonds is 4. The van der Waals surface area contributed by atoms with E-state index in [9.17, 15) is 14.9 Å². The number of benzene rings is 1. The maximum atomic E-state index is 11.2. The molecule has 1 fully saturated rings. The van der Waals surface area contributed by atoms with Crippen LogP contribution in [0.1, 0.15) is 12.8 Å². The first kappa shape index (κ1) is 13.1. The summed E-state index contributed by atoms with van der Waals surface area (Å²) in [6.45, 7) is 0.491. The van der Waals surface area contributed by atoms with Crippen LogP contribution < -0.4 is 9.64 Å². The Hall–Kier alpha value is -2.31. The number of methoxy groups -OCH3 is 1. The van der Waals surface area contributed by atoms with Crippen molar-refractivity contribution in [2.24, 2.45) is 0 Å². The molecule has 7 heteroatoms. The van der Waals surface area contributed by atoms with Gasteiger partial charge in [0.25, 0.3) is 5.69 Å². The lowest BCUT2D eigenvalue weighted by molar-refractivity contribution is -0.384. The number of aliphatic carboxylic acids is 1. The summed E-state index contributed by atoms with van der Waals surface area (Å²) in [6.07, 6.45) is 1.19. The Morgan fingerprint density at radius 2 is 2.32 bits per heavy atom. The van der Waals surface area contributed by atoms with Gasteiger partial charge in [0.15, 0.2) is 0 Å². The minimum Gasteiger partial charge on any atom is -0.497 e. The summed E-state index contributed by atoms with van der Waals surface area (Å²) < 4.78 is 5.05. The summed E-state index contributed by atoms with van der Waals surface area (Å²) >= 11 is 0. The minimum atomic E-state index is -0.963. The van der Waals surface area contributed by atoms with Gasteiger partial charge in [-0.3, -0.25) is 10.1 Å². The Bertz CT molecular complexity index is 517. The van der Waals surface area contributed by atoms with Gasteiger partial charge in [0.05, 0.1) is 12.0 Å². The third kappa shape index (κ3) is 2.44. The van der Waals surface area contributed by atoms with E-state index in [4.69, 9.17) is 9.84 Å². The molecule has 1 aliphatic heterocycles. The van der Waals surface area contributed by atoms with Crippen LogP contribution in [0.5, 0.6) is 5.75 Å². The van der Waals surface area contributed by atoms with Crippen LogP contribution in [0, 0.1) is 10.1 Å². The largest absolute Gasteiger partial charge is 0.497 e. The summed E-state index contributed by atoms with van der Waals surface area (Å²) in [5.41, 5.74) is 0.197. The zero-order chi connectivity index (χ0) is 14.0. The average Bonchev–Trinajstić information content (AvgIpc) is 2.87. The molecule has 1 aromatic carbocycles. The third-order valence-electron chi connectivity index (χ3n) is 3.23. The van der Waals surface area contributed by atoms with E-state index in [1.165, 1.54) is 25.3 Å². The molecule has 2 rings (SSSR count). The van der Waals surface area contributed by atoms with E-state index in [0.29, 0.717) is 30.8 Å². The van der Waals surface area contributed by atoms with Crippen molar-refractivity contribution in [1.82, 2.24) is 0 Å². The number of ether oxygens (including phenoxy) is 1. The molecule has 102 valence electrons. The fraction of sp³-hybridized carbons (Fsp3) is 0.417. The van der Waals surface area contributed by atoms with E-state index >= 15 is 0 Å². The van der Waals surface area contributed by atoms with E-state index in [0.717, 1.165) is 0 Å². The Morgan fingerprint density at radius 3 is 2.89 bits per heavy atom. The van der Waals surface area contributed by atoms with Gasteiger partial charge >= 0.3 is 5.97 Å². The summed E-state index contributed by atoms with van der Waals surface area (Å²) in [6, 6.07) is 3.63. The van der Waals surface area contributed by atoms with Crippen LogP contribution in [0.25, 0.3) is 0 Å². The van der Waals surface area contributed by atoms with Crippen LogP contribution in [0.15, 0.2) is 18.2 Å². The molecule has 0 unspecified atom stereocenters. The maximum Gasteiger partial charge on any atom is 0.326 e. The number of anilines is 1. The first-order valence-electron chi connectivity index (χ1n) is 5.86. The molecule has 1 heterocycles. The van der Waals surface area contributed by atoms with E-state index in [-0.39, 0.29) is 5.69 Å². The normalized spacial score (nSPS) is 18.4. The molecule has 1 aromatic rings. The van der Waals surface area contributed by atoms with Gasteiger partial charge in [-0.15, -0.1) is 0 Å². The first-order valence-corrected chi connectivity index (χ1v) is 5.86. The molecule has 0 aromatic heterocycles. The standard InChI is InChI=1S/C12H14N2O5/c1-19-8-4-5-9(14(17)18)11(7-8)13-6-2-3-10(13)12(15)16/h4-5,7,10H,2-3,6H2,1H3,(H,15,16)/t10-/m0/s1. The lowest BCUT2D eigenvalue weighted by atomic mass is 10.2. The average molecular weight is 266 g/mol. The van der Waals surface area contributed by atoms with Crippen molar-refractivity contribution < 1.29 is 19.6 Å². The van der Waals surface area contributed by atoms with Gasteiger partial charge in [-0.25, -0.2) is 4.79 Å². The predicted molar refractivity (Wildman–Crippen MR) is 67.7 cm³/mol. The molecule has 0 amide bonds. The van der Waals surface area contributed by atoms with Crippen LogP contribution in [0.3, 0.4) is 0 Å². The van der Waals surface area contributed by atoms with E-state index in [1.807, 2.05) is 0 Å². The van der Waals surface area contributed by atoms with Crippen molar-refractivity contribution in [3.8, 4) is 5.75 Å². The Kier molecular flexibility index (Phi) is 3.55. The fourth-order valence-corrected chi connectivity index (χ4v) is 2.33. The van der Waals surface area contributed by atoms with Gasteiger partial charge in [-0.1, -0.05) is 0 Å². The van der Waals surface area contributed by atoms with Crippen molar-refractivity contribution in [2.45, 2.75) is 18.9 Å². The van der Waals surface area contributed by atoms with Gasteiger partial charge in [-0.2, -0.15) is 0 Å². The number of nitro groups is 1. The summed E-state index contributed by atoms with van der Waals surface area (Å²) in [5.74, 6) is -0.494. The second-order valence-corrected chi connectivity index (χ2v) is 4.30. The monoisotopic (exact) mass is 266 g/mol. The Morgan fingerprint density at radius 1 is 1.58 bits per heavy atom. The first-order chi connectivity index (χ1) is 9.04. The van der Waals surface area contributed by atoms with Gasteiger partial charge in [0.2, 0.25) is 0 Å². The molecule has 1 aliphatic rings. The molecular formula is C12H14N2O5. The van der Waals surface area contributed by atoms with Gasteiger partial charge in [0, 0.05) is 18.7 Å². The summed E-state index contributed by atoms with van der Waals surface area (Å²) in [7, 11) is 1.46. The van der Waals surface area contributed by atoms with Crippen LogP contribution in [0.2, 0.25) is 0 Å².